The van der Waals surface area contributed by atoms with Gasteiger partial charge >= 0.3 is 30.0 Å². The first-order valence-corrected chi connectivity index (χ1v) is 30.4. The van der Waals surface area contributed by atoms with Gasteiger partial charge in [0, 0.05) is 20.7 Å². The molecule has 10 rings (SSSR count). The summed E-state index contributed by atoms with van der Waals surface area (Å²) in [6.07, 6.45) is 8.90. The van der Waals surface area contributed by atoms with Gasteiger partial charge in [-0.05, 0) is 131 Å². The van der Waals surface area contributed by atoms with Crippen molar-refractivity contribution in [1.29, 1.82) is 0 Å². The smallest absolute Gasteiger partial charge is 0.0221 e. The molecule has 4 heterocycles. The molecule has 0 bridgehead atoms. The van der Waals surface area contributed by atoms with Crippen molar-refractivity contribution in [1.82, 2.24) is 19.9 Å². The zero-order valence-electron chi connectivity index (χ0n) is 32.7. The fourth-order valence-electron chi connectivity index (χ4n) is 6.88. The number of nitrogens with one attached hydrogen (secondary N) is 2. The van der Waals surface area contributed by atoms with Crippen molar-refractivity contribution in [3.05, 3.63) is 162 Å². The molecule has 4 aromatic carbocycles. The first kappa shape index (κ1) is 46.9. The third kappa shape index (κ3) is 11.4. The van der Waals surface area contributed by atoms with Crippen molar-refractivity contribution in [2.75, 3.05) is 10.6 Å². The second-order valence-electron chi connectivity index (χ2n) is 13.5. The van der Waals surface area contributed by atoms with E-state index in [4.69, 9.17) is 0 Å². The average molecular weight is 1150 g/mol. The van der Waals surface area contributed by atoms with E-state index in [1.807, 2.05) is 22.9 Å². The molecule has 0 radical (unpaired) electrons. The molecule has 0 unspecified atom stereocenters. The Morgan fingerprint density at radius 1 is 0.683 bits per heavy atom. The minimum Gasteiger partial charge on any atom is -0.394 e. The van der Waals surface area contributed by atoms with Crippen LogP contribution in [0.25, 0.3) is 31.5 Å². The van der Waals surface area contributed by atoms with Gasteiger partial charge in [-0.3, -0.25) is 31.6 Å². The van der Waals surface area contributed by atoms with Gasteiger partial charge in [0.05, 0.1) is 21.1 Å². The van der Waals surface area contributed by atoms with Gasteiger partial charge in [-0.15, -0.1) is 22.9 Å². The monoisotopic (exact) mass is 1150 g/mol. The third-order valence-electron chi connectivity index (χ3n) is 9.58. The number of aryl methyl sites for hydroxylation is 4. The quantitative estimate of drug-likeness (QED) is 0.0769. The first-order chi connectivity index (χ1) is 30.6. The van der Waals surface area contributed by atoms with Crippen LogP contribution in [0.4, 0.5) is 27.8 Å². The van der Waals surface area contributed by atoms with Crippen LogP contribution >= 0.6 is 81.6 Å². The van der Waals surface area contributed by atoms with Crippen LogP contribution in [0, 0.1) is 32.3 Å². The molecule has 0 aliphatic heterocycles. The van der Waals surface area contributed by atoms with Crippen molar-refractivity contribution in [3.63, 3.8) is 0 Å². The van der Waals surface area contributed by atoms with E-state index in [1.165, 1.54) is 77.2 Å². The number of nitrogens with zero attached hydrogens (tertiary/aromatic N) is 4. The molecule has 19 heteroatoms. The van der Waals surface area contributed by atoms with Crippen molar-refractivity contribution >= 4 is 104 Å². The molecule has 8 aromatic rings. The SMILES string of the molecule is O=C(Nc1nc2c(s1)-c1ccc(-c3nccs3)cc1CCC2)c1c(F)cccc1F.O=C(Nc1nc2c(s1)-c1ccc(I)cc1CCC2)c1c(F)cccc1F.[Zn+][Br].[c-]1nccs1. The van der Waals surface area contributed by atoms with E-state index >= 15 is 0 Å². The van der Waals surface area contributed by atoms with Gasteiger partial charge in [0.2, 0.25) is 0 Å². The molecule has 2 aliphatic rings. The van der Waals surface area contributed by atoms with E-state index in [2.05, 4.69) is 96.6 Å². The third-order valence-corrected chi connectivity index (χ3v) is 13.6. The van der Waals surface area contributed by atoms with Crippen LogP contribution < -0.4 is 10.6 Å². The normalized spacial score (nSPS) is 12.1. The van der Waals surface area contributed by atoms with Crippen molar-refractivity contribution < 1.29 is 43.5 Å². The van der Waals surface area contributed by atoms with Crippen LogP contribution in [0.15, 0.2) is 96.0 Å². The van der Waals surface area contributed by atoms with Crippen LogP contribution in [-0.2, 0) is 42.0 Å². The van der Waals surface area contributed by atoms with E-state index in [-0.39, 0.29) is 0 Å². The number of anilines is 2. The predicted octanol–water partition coefficient (Wildman–Crippen LogP) is 13.2. The summed E-state index contributed by atoms with van der Waals surface area (Å²) in [5.74, 6) is -5.24. The Morgan fingerprint density at radius 2 is 1.21 bits per heavy atom. The molecule has 0 saturated carbocycles. The summed E-state index contributed by atoms with van der Waals surface area (Å²) >= 11 is 12.3. The summed E-state index contributed by atoms with van der Waals surface area (Å²) in [4.78, 5) is 43.8. The number of hydrogen-bond acceptors (Lipinski definition) is 10. The van der Waals surface area contributed by atoms with Crippen LogP contribution in [0.3, 0.4) is 0 Å². The fourth-order valence-corrected chi connectivity index (χ4v) is 10.5. The zero-order valence-corrected chi connectivity index (χ0v) is 42.7. The van der Waals surface area contributed by atoms with Gasteiger partial charge in [0.25, 0.3) is 11.8 Å². The van der Waals surface area contributed by atoms with E-state index in [9.17, 15) is 27.2 Å². The van der Waals surface area contributed by atoms with Crippen molar-refractivity contribution in [2.24, 2.45) is 0 Å². The number of halogens is 6. The van der Waals surface area contributed by atoms with Crippen LogP contribution in [0.5, 0.6) is 0 Å². The van der Waals surface area contributed by atoms with Crippen LogP contribution in [0.2, 0.25) is 0 Å². The van der Waals surface area contributed by atoms with E-state index in [0.717, 1.165) is 106 Å². The Labute approximate surface area is 405 Å². The summed E-state index contributed by atoms with van der Waals surface area (Å²) in [6, 6.07) is 19.2. The molecule has 0 fully saturated rings. The molecule has 2 aliphatic carbocycles. The molecule has 2 amide bonds. The van der Waals surface area contributed by atoms with Gasteiger partial charge < -0.3 is 4.98 Å². The Morgan fingerprint density at radius 3 is 1.67 bits per heavy atom. The summed E-state index contributed by atoms with van der Waals surface area (Å²) in [6.45, 7) is 0. The Balaban J connectivity index is 0.000000165. The van der Waals surface area contributed by atoms with Gasteiger partial charge in [0.1, 0.15) is 39.4 Å². The maximum atomic E-state index is 13.9. The predicted molar refractivity (Wildman–Crippen MR) is 251 cm³/mol. The number of benzene rings is 4. The molecule has 4 aromatic heterocycles. The number of amides is 2. The number of carbonyl (C=O) groups excluding carboxylic acids is 2. The van der Waals surface area contributed by atoms with Gasteiger partial charge in [-0.25, -0.2) is 32.5 Å². The number of aromatic nitrogens is 4. The summed E-state index contributed by atoms with van der Waals surface area (Å²) in [7, 11) is 0. The number of carbonyl (C=O) groups is 2. The second-order valence-corrected chi connectivity index (χ2v) is 18.4. The number of thiazole rings is 4. The maximum Gasteiger partial charge on any atom is -0.0221 e. The maximum absolute atomic E-state index is 13.9. The first-order valence-electron chi connectivity index (χ1n) is 19.0. The van der Waals surface area contributed by atoms with Gasteiger partial charge in [0.15, 0.2) is 10.3 Å². The average Bonchev–Trinajstić information content (AvgIpc) is 4.11. The largest absolute Gasteiger partial charge is 0.394 e. The van der Waals surface area contributed by atoms with E-state index in [0.29, 0.717) is 10.3 Å². The second kappa shape index (κ2) is 22.2. The Kier molecular flexibility index (Phi) is 16.5. The summed E-state index contributed by atoms with van der Waals surface area (Å²) in [5.41, 5.74) is 9.03. The molecule has 2 N–H and O–H groups in total. The van der Waals surface area contributed by atoms with Crippen molar-refractivity contribution in [2.45, 2.75) is 38.5 Å². The van der Waals surface area contributed by atoms with E-state index < -0.39 is 46.2 Å². The minimum absolute atomic E-state index is 0.338. The topological polar surface area (TPSA) is 110 Å². The molecule has 0 spiro atoms. The number of rotatable bonds is 5. The van der Waals surface area contributed by atoms with Crippen LogP contribution in [-0.4, -0.2) is 31.8 Å². The van der Waals surface area contributed by atoms with Crippen LogP contribution in [0.1, 0.15) is 56.1 Å². The van der Waals surface area contributed by atoms with Gasteiger partial charge in [-0.2, -0.15) is 0 Å². The van der Waals surface area contributed by atoms with Crippen molar-refractivity contribution in [3.8, 4) is 31.5 Å². The molecule has 63 heavy (non-hydrogen) atoms. The molecule has 8 nitrogen and oxygen atoms in total. The molecule has 0 saturated heterocycles. The fraction of sp³-hybridized carbons (Fsp3) is 0.136. The molecular weight excluding hydrogens is 1120 g/mol. The van der Waals surface area contributed by atoms with E-state index in [1.54, 1.807) is 23.7 Å². The zero-order chi connectivity index (χ0) is 44.5. The number of fused-ring (bicyclic) bond motifs is 6. The minimum atomic E-state index is -0.898. The summed E-state index contributed by atoms with van der Waals surface area (Å²) in [5, 5.41) is 10.6. The Hall–Kier alpha value is -4.11. The molecular formula is C44H30BrF4IN6O2S4Zn. The molecule has 0 atom stereocenters. The standard InChI is InChI=1S/C22H15F2N3OS2.C19H13F2IN2OS.C3H2NS.BrH.Zn/c23-15-4-2-5-16(24)18(15)20(28)27-22-26-17-6-1-3-12-11-13(21-25-9-10-29-21)7-8-14(12)19(17)30-22;20-13-4-2-5-14(21)16(13)18(25)24-19-23-15-6-1-3-10-9-11(22)7-8-12(10)17(15)26-19;1-2-5-3-4-1;;/h2,4-5,7-11H,1,3,6H2,(H,26,27,28);2,4-5,7-9H,1,3,6H2,(H,23,24,25);1-2H;1H;/q;;-1;;+2/p-1. The number of hydrogen-bond donors (Lipinski definition) is 2. The van der Waals surface area contributed by atoms with Gasteiger partial charge in [-0.1, -0.05) is 53.0 Å². The molecule has 316 valence electrons. The Bertz CT molecular complexity index is 2810. The summed E-state index contributed by atoms with van der Waals surface area (Å²) < 4.78 is 56.6.